The molecular formula is C9H9BrN2. The van der Waals surface area contributed by atoms with E-state index in [-0.39, 0.29) is 0 Å². The summed E-state index contributed by atoms with van der Waals surface area (Å²) < 4.78 is 1.09. The average molecular weight is 225 g/mol. The van der Waals surface area contributed by atoms with E-state index in [1.807, 2.05) is 18.3 Å². The lowest BCUT2D eigenvalue weighted by Crippen LogP contribution is -1.93. The Kier molecular flexibility index (Phi) is 1.90. The number of aromatic amines is 1. The first-order chi connectivity index (χ1) is 5.81. The van der Waals surface area contributed by atoms with Crippen molar-refractivity contribution in [2.45, 2.75) is 6.54 Å². The molecule has 0 fully saturated rings. The minimum atomic E-state index is 0.580. The van der Waals surface area contributed by atoms with Gasteiger partial charge in [-0.3, -0.25) is 0 Å². The van der Waals surface area contributed by atoms with Crippen LogP contribution in [0.5, 0.6) is 0 Å². The number of halogens is 1. The Morgan fingerprint density at radius 1 is 1.42 bits per heavy atom. The molecule has 0 atom stereocenters. The summed E-state index contributed by atoms with van der Waals surface area (Å²) in [6.45, 7) is 0.580. The second kappa shape index (κ2) is 2.92. The van der Waals surface area contributed by atoms with Crippen LogP contribution >= 0.6 is 15.9 Å². The summed E-state index contributed by atoms with van der Waals surface area (Å²) in [5, 5.41) is 1.20. The monoisotopic (exact) mass is 224 g/mol. The lowest BCUT2D eigenvalue weighted by Gasteiger charge is -1.94. The predicted octanol–water partition coefficient (Wildman–Crippen LogP) is 2.39. The van der Waals surface area contributed by atoms with Crippen LogP contribution in [0.3, 0.4) is 0 Å². The molecular weight excluding hydrogens is 216 g/mol. The topological polar surface area (TPSA) is 41.8 Å². The molecule has 0 aliphatic heterocycles. The standard InChI is InChI=1S/C9H9BrN2/c10-7-1-2-9-8(3-7)6(4-11)5-12-9/h1-3,5,12H,4,11H2. The molecule has 1 aromatic heterocycles. The number of hydrogen-bond acceptors (Lipinski definition) is 1. The van der Waals surface area contributed by atoms with Crippen molar-refractivity contribution >= 4 is 26.8 Å². The minimum Gasteiger partial charge on any atom is -0.361 e. The van der Waals surface area contributed by atoms with Gasteiger partial charge < -0.3 is 10.7 Å². The number of nitrogens with one attached hydrogen (secondary N) is 1. The Morgan fingerprint density at radius 2 is 2.25 bits per heavy atom. The van der Waals surface area contributed by atoms with Crippen molar-refractivity contribution in [3.63, 3.8) is 0 Å². The molecule has 1 heterocycles. The molecule has 3 N–H and O–H groups in total. The third-order valence-corrected chi connectivity index (χ3v) is 2.44. The number of rotatable bonds is 1. The Labute approximate surface area is 78.9 Å². The third kappa shape index (κ3) is 1.15. The lowest BCUT2D eigenvalue weighted by molar-refractivity contribution is 1.08. The van der Waals surface area contributed by atoms with Crippen LogP contribution in [0.25, 0.3) is 10.9 Å². The molecule has 12 heavy (non-hydrogen) atoms. The van der Waals surface area contributed by atoms with Crippen molar-refractivity contribution in [1.29, 1.82) is 0 Å². The molecule has 62 valence electrons. The van der Waals surface area contributed by atoms with Crippen LogP contribution < -0.4 is 5.73 Å². The van der Waals surface area contributed by atoms with E-state index in [0.29, 0.717) is 6.54 Å². The van der Waals surface area contributed by atoms with Crippen molar-refractivity contribution in [3.05, 3.63) is 34.4 Å². The first kappa shape index (κ1) is 7.83. The van der Waals surface area contributed by atoms with Crippen molar-refractivity contribution in [2.75, 3.05) is 0 Å². The van der Waals surface area contributed by atoms with Crippen LogP contribution in [0.2, 0.25) is 0 Å². The summed E-state index contributed by atoms with van der Waals surface area (Å²) in [5.74, 6) is 0. The van der Waals surface area contributed by atoms with E-state index in [1.54, 1.807) is 0 Å². The molecule has 0 unspecified atom stereocenters. The SMILES string of the molecule is NCc1c[nH]c2ccc(Br)cc12. The van der Waals surface area contributed by atoms with Gasteiger partial charge in [0.25, 0.3) is 0 Å². The molecule has 2 aromatic rings. The highest BCUT2D eigenvalue weighted by Crippen LogP contribution is 2.21. The van der Waals surface area contributed by atoms with Crippen LogP contribution in [0, 0.1) is 0 Å². The van der Waals surface area contributed by atoms with E-state index in [9.17, 15) is 0 Å². The minimum absolute atomic E-state index is 0.580. The zero-order valence-corrected chi connectivity index (χ0v) is 8.06. The summed E-state index contributed by atoms with van der Waals surface area (Å²) in [4.78, 5) is 3.17. The molecule has 2 rings (SSSR count). The second-order valence-electron chi connectivity index (χ2n) is 2.71. The molecule has 0 spiro atoms. The van der Waals surface area contributed by atoms with E-state index in [0.717, 1.165) is 15.6 Å². The zero-order chi connectivity index (χ0) is 8.55. The number of aromatic nitrogens is 1. The number of nitrogens with two attached hydrogens (primary N) is 1. The van der Waals surface area contributed by atoms with Gasteiger partial charge in [-0.25, -0.2) is 0 Å². The van der Waals surface area contributed by atoms with Crippen LogP contribution in [-0.2, 0) is 6.54 Å². The van der Waals surface area contributed by atoms with Gasteiger partial charge in [-0.05, 0) is 23.8 Å². The summed E-state index contributed by atoms with van der Waals surface area (Å²) in [7, 11) is 0. The number of hydrogen-bond donors (Lipinski definition) is 2. The summed E-state index contributed by atoms with van der Waals surface area (Å²) in [6.07, 6.45) is 1.96. The molecule has 0 saturated carbocycles. The highest BCUT2D eigenvalue weighted by Gasteiger charge is 2.00. The summed E-state index contributed by atoms with van der Waals surface area (Å²) in [6, 6.07) is 6.13. The molecule has 0 bridgehead atoms. The molecule has 2 nitrogen and oxygen atoms in total. The van der Waals surface area contributed by atoms with Gasteiger partial charge in [0.05, 0.1) is 0 Å². The van der Waals surface area contributed by atoms with Crippen molar-refractivity contribution in [3.8, 4) is 0 Å². The summed E-state index contributed by atoms with van der Waals surface area (Å²) in [5.41, 5.74) is 7.87. The van der Waals surface area contributed by atoms with Crippen LogP contribution in [0.1, 0.15) is 5.56 Å². The normalized spacial score (nSPS) is 10.8. The van der Waals surface area contributed by atoms with Crippen molar-refractivity contribution in [1.82, 2.24) is 4.98 Å². The smallest absolute Gasteiger partial charge is 0.0458 e. The van der Waals surface area contributed by atoms with Gasteiger partial charge >= 0.3 is 0 Å². The first-order valence-corrected chi connectivity index (χ1v) is 4.56. The number of benzene rings is 1. The molecule has 0 radical (unpaired) electrons. The van der Waals surface area contributed by atoms with Gasteiger partial charge in [0, 0.05) is 28.1 Å². The Balaban J connectivity index is 2.75. The second-order valence-corrected chi connectivity index (χ2v) is 3.62. The van der Waals surface area contributed by atoms with Crippen LogP contribution in [-0.4, -0.2) is 4.98 Å². The maximum Gasteiger partial charge on any atom is 0.0458 e. The Morgan fingerprint density at radius 3 is 3.00 bits per heavy atom. The van der Waals surface area contributed by atoms with Gasteiger partial charge in [0.2, 0.25) is 0 Å². The Hall–Kier alpha value is -0.800. The lowest BCUT2D eigenvalue weighted by atomic mass is 10.2. The van der Waals surface area contributed by atoms with Crippen molar-refractivity contribution in [2.24, 2.45) is 5.73 Å². The van der Waals surface area contributed by atoms with Gasteiger partial charge in [-0.1, -0.05) is 15.9 Å². The number of H-pyrrole nitrogens is 1. The Bertz CT molecular complexity index is 406. The van der Waals surface area contributed by atoms with E-state index in [4.69, 9.17) is 5.73 Å². The fraction of sp³-hybridized carbons (Fsp3) is 0.111. The van der Waals surface area contributed by atoms with E-state index in [1.165, 1.54) is 5.39 Å². The largest absolute Gasteiger partial charge is 0.361 e. The van der Waals surface area contributed by atoms with Crippen molar-refractivity contribution < 1.29 is 0 Å². The van der Waals surface area contributed by atoms with Gasteiger partial charge in [-0.15, -0.1) is 0 Å². The van der Waals surface area contributed by atoms with E-state index < -0.39 is 0 Å². The molecule has 0 aliphatic rings. The van der Waals surface area contributed by atoms with Gasteiger partial charge in [0.1, 0.15) is 0 Å². The van der Waals surface area contributed by atoms with E-state index in [2.05, 4.69) is 27.0 Å². The maximum absolute atomic E-state index is 5.58. The maximum atomic E-state index is 5.58. The molecule has 0 saturated heterocycles. The fourth-order valence-electron chi connectivity index (χ4n) is 1.32. The first-order valence-electron chi connectivity index (χ1n) is 3.77. The number of fused-ring (bicyclic) bond motifs is 1. The molecule has 3 heteroatoms. The molecule has 1 aromatic carbocycles. The van der Waals surface area contributed by atoms with Crippen LogP contribution in [0.4, 0.5) is 0 Å². The van der Waals surface area contributed by atoms with Crippen LogP contribution in [0.15, 0.2) is 28.9 Å². The summed E-state index contributed by atoms with van der Waals surface area (Å²) >= 11 is 3.43. The highest BCUT2D eigenvalue weighted by atomic mass is 79.9. The van der Waals surface area contributed by atoms with E-state index >= 15 is 0 Å². The predicted molar refractivity (Wildman–Crippen MR) is 53.9 cm³/mol. The highest BCUT2D eigenvalue weighted by molar-refractivity contribution is 9.10. The average Bonchev–Trinajstić information content (AvgIpc) is 2.46. The quantitative estimate of drug-likeness (QED) is 0.768. The fourth-order valence-corrected chi connectivity index (χ4v) is 1.68. The molecule has 0 amide bonds. The van der Waals surface area contributed by atoms with Gasteiger partial charge in [0.15, 0.2) is 0 Å². The zero-order valence-electron chi connectivity index (χ0n) is 6.47. The molecule has 0 aliphatic carbocycles. The third-order valence-electron chi connectivity index (χ3n) is 1.95. The van der Waals surface area contributed by atoms with Gasteiger partial charge in [-0.2, -0.15) is 0 Å².